The summed E-state index contributed by atoms with van der Waals surface area (Å²) >= 11 is 2.65. The molecule has 1 aromatic heterocycles. The van der Waals surface area contributed by atoms with Crippen LogP contribution in [0.25, 0.3) is 0 Å². The van der Waals surface area contributed by atoms with Crippen molar-refractivity contribution in [3.8, 4) is 0 Å². The molecule has 2 aromatic rings. The van der Waals surface area contributed by atoms with Gasteiger partial charge in [0.05, 0.1) is 5.75 Å². The summed E-state index contributed by atoms with van der Waals surface area (Å²) in [5.41, 5.74) is 0.690. The number of rotatable bonds is 10. The lowest BCUT2D eigenvalue weighted by molar-refractivity contribution is -0.120. The average Bonchev–Trinajstić information content (AvgIpc) is 3.08. The standard InChI is InChI=1S/C18H23N3O2S2/c1-3-5-9-13(4-2)16(23)19-17-20-21-18(25-17)24-12-15(22)14-10-7-6-8-11-14/h6-8,10-11,13H,3-5,9,12H2,1-2H3,(H,19,20,23)/t13-/m0/s1. The number of nitrogens with one attached hydrogen (secondary N) is 1. The van der Waals surface area contributed by atoms with Gasteiger partial charge < -0.3 is 5.32 Å². The third-order valence-electron chi connectivity index (χ3n) is 3.83. The number of amides is 1. The smallest absolute Gasteiger partial charge is 0.229 e. The number of benzene rings is 1. The van der Waals surface area contributed by atoms with Gasteiger partial charge in [0.1, 0.15) is 0 Å². The maximum absolute atomic E-state index is 12.3. The molecule has 0 aliphatic carbocycles. The first-order chi connectivity index (χ1) is 12.1. The Morgan fingerprint density at radius 2 is 1.96 bits per heavy atom. The van der Waals surface area contributed by atoms with Crippen molar-refractivity contribution < 1.29 is 9.59 Å². The van der Waals surface area contributed by atoms with Gasteiger partial charge in [-0.05, 0) is 12.8 Å². The molecule has 134 valence electrons. The largest absolute Gasteiger partial charge is 0.300 e. The van der Waals surface area contributed by atoms with E-state index in [2.05, 4.69) is 22.4 Å². The van der Waals surface area contributed by atoms with Crippen LogP contribution in [0.1, 0.15) is 49.9 Å². The highest BCUT2D eigenvalue weighted by molar-refractivity contribution is 8.01. The molecule has 0 unspecified atom stereocenters. The van der Waals surface area contributed by atoms with Crippen molar-refractivity contribution in [1.29, 1.82) is 0 Å². The quantitative estimate of drug-likeness (QED) is 0.370. The SMILES string of the molecule is CCCC[C@H](CC)C(=O)Nc1nnc(SCC(=O)c2ccccc2)s1. The summed E-state index contributed by atoms with van der Waals surface area (Å²) in [6.45, 7) is 4.14. The molecule has 0 aliphatic rings. The lowest BCUT2D eigenvalue weighted by Crippen LogP contribution is -2.22. The highest BCUT2D eigenvalue weighted by atomic mass is 32.2. The van der Waals surface area contributed by atoms with Crippen molar-refractivity contribution in [2.24, 2.45) is 5.92 Å². The van der Waals surface area contributed by atoms with Crippen molar-refractivity contribution in [2.45, 2.75) is 43.9 Å². The van der Waals surface area contributed by atoms with Crippen LogP contribution in [-0.2, 0) is 4.79 Å². The fourth-order valence-electron chi connectivity index (χ4n) is 2.33. The molecule has 1 atom stereocenters. The Morgan fingerprint density at radius 1 is 1.20 bits per heavy atom. The van der Waals surface area contributed by atoms with Crippen molar-refractivity contribution in [3.63, 3.8) is 0 Å². The van der Waals surface area contributed by atoms with E-state index in [1.807, 2.05) is 25.1 Å². The van der Waals surface area contributed by atoms with Gasteiger partial charge in [0, 0.05) is 11.5 Å². The van der Waals surface area contributed by atoms with Crippen LogP contribution in [0.15, 0.2) is 34.7 Å². The summed E-state index contributed by atoms with van der Waals surface area (Å²) in [7, 11) is 0. The van der Waals surface area contributed by atoms with Gasteiger partial charge in [-0.3, -0.25) is 9.59 Å². The molecule has 0 aliphatic heterocycles. The second-order valence-corrected chi connectivity index (χ2v) is 7.89. The van der Waals surface area contributed by atoms with Crippen LogP contribution in [0, 0.1) is 5.92 Å². The van der Waals surface area contributed by atoms with Crippen molar-refractivity contribution in [1.82, 2.24) is 10.2 Å². The highest BCUT2D eigenvalue weighted by Crippen LogP contribution is 2.27. The Bertz CT molecular complexity index is 689. The number of hydrogen-bond donors (Lipinski definition) is 1. The predicted octanol–water partition coefficient (Wildman–Crippen LogP) is 4.67. The van der Waals surface area contributed by atoms with Gasteiger partial charge in [-0.2, -0.15) is 0 Å². The summed E-state index contributed by atoms with van der Waals surface area (Å²) in [6, 6.07) is 9.18. The van der Waals surface area contributed by atoms with E-state index < -0.39 is 0 Å². The Kier molecular flexibility index (Phi) is 8.08. The minimum Gasteiger partial charge on any atom is -0.300 e. The molecular weight excluding hydrogens is 354 g/mol. The maximum atomic E-state index is 12.3. The van der Waals surface area contributed by atoms with E-state index in [0.29, 0.717) is 20.8 Å². The number of carbonyl (C=O) groups excluding carboxylic acids is 2. The second kappa shape index (κ2) is 10.3. The summed E-state index contributed by atoms with van der Waals surface area (Å²) in [5.74, 6) is 0.376. The third-order valence-corrected chi connectivity index (χ3v) is 5.80. The van der Waals surface area contributed by atoms with Crippen molar-refractivity contribution >= 4 is 39.9 Å². The molecule has 2 rings (SSSR count). The fraction of sp³-hybridized carbons (Fsp3) is 0.444. The first-order valence-electron chi connectivity index (χ1n) is 8.49. The molecule has 0 fully saturated rings. The Morgan fingerprint density at radius 3 is 2.64 bits per heavy atom. The van der Waals surface area contributed by atoms with Gasteiger partial charge in [0.25, 0.3) is 0 Å². The lowest BCUT2D eigenvalue weighted by atomic mass is 9.99. The molecule has 0 spiro atoms. The summed E-state index contributed by atoms with van der Waals surface area (Å²) in [4.78, 5) is 24.4. The van der Waals surface area contributed by atoms with Crippen LogP contribution in [0.2, 0.25) is 0 Å². The van der Waals surface area contributed by atoms with E-state index in [1.54, 1.807) is 12.1 Å². The zero-order chi connectivity index (χ0) is 18.1. The molecule has 0 saturated carbocycles. The average molecular weight is 378 g/mol. The molecule has 0 bridgehead atoms. The van der Waals surface area contributed by atoms with E-state index in [-0.39, 0.29) is 17.6 Å². The minimum absolute atomic E-state index is 0.00371. The zero-order valence-corrected chi connectivity index (χ0v) is 16.2. The summed E-state index contributed by atoms with van der Waals surface area (Å²) in [6.07, 6.45) is 3.84. The van der Waals surface area contributed by atoms with Gasteiger partial charge in [-0.25, -0.2) is 0 Å². The van der Waals surface area contributed by atoms with E-state index in [0.717, 1.165) is 25.7 Å². The molecule has 1 aromatic carbocycles. The number of carbonyl (C=O) groups is 2. The summed E-state index contributed by atoms with van der Waals surface area (Å²) in [5, 5.41) is 11.4. The number of thioether (sulfide) groups is 1. The number of Topliss-reactive ketones (excluding diaryl/α,β-unsaturated/α-hetero) is 1. The molecule has 1 heterocycles. The first kappa shape index (κ1) is 19.6. The van der Waals surface area contributed by atoms with Crippen LogP contribution in [0.4, 0.5) is 5.13 Å². The Hall–Kier alpha value is -1.73. The number of aromatic nitrogens is 2. The van der Waals surface area contributed by atoms with E-state index in [1.165, 1.54) is 23.1 Å². The van der Waals surface area contributed by atoms with Crippen molar-refractivity contribution in [2.75, 3.05) is 11.1 Å². The van der Waals surface area contributed by atoms with Crippen molar-refractivity contribution in [3.05, 3.63) is 35.9 Å². The Labute approximate surface area is 156 Å². The zero-order valence-electron chi connectivity index (χ0n) is 14.5. The topological polar surface area (TPSA) is 72.0 Å². The van der Waals surface area contributed by atoms with Gasteiger partial charge in [0.15, 0.2) is 10.1 Å². The minimum atomic E-state index is 0.00371. The summed E-state index contributed by atoms with van der Waals surface area (Å²) < 4.78 is 0.682. The first-order valence-corrected chi connectivity index (χ1v) is 10.3. The molecular formula is C18H23N3O2S2. The third kappa shape index (κ3) is 6.25. The molecule has 1 amide bonds. The molecule has 7 heteroatoms. The lowest BCUT2D eigenvalue weighted by Gasteiger charge is -2.12. The van der Waals surface area contributed by atoms with Crippen LogP contribution in [0.5, 0.6) is 0 Å². The van der Waals surface area contributed by atoms with Crippen LogP contribution in [-0.4, -0.2) is 27.6 Å². The van der Waals surface area contributed by atoms with E-state index in [9.17, 15) is 9.59 Å². The Balaban J connectivity index is 1.85. The number of hydrogen-bond acceptors (Lipinski definition) is 6. The van der Waals surface area contributed by atoms with Gasteiger partial charge >= 0.3 is 0 Å². The van der Waals surface area contributed by atoms with E-state index in [4.69, 9.17) is 0 Å². The van der Waals surface area contributed by atoms with Gasteiger partial charge in [0.2, 0.25) is 11.0 Å². The monoisotopic (exact) mass is 377 g/mol. The molecule has 5 nitrogen and oxygen atoms in total. The molecule has 1 N–H and O–H groups in total. The number of nitrogens with zero attached hydrogens (tertiary/aromatic N) is 2. The van der Waals surface area contributed by atoms with Crippen LogP contribution < -0.4 is 5.32 Å². The van der Waals surface area contributed by atoms with Crippen LogP contribution >= 0.6 is 23.1 Å². The highest BCUT2D eigenvalue weighted by Gasteiger charge is 2.18. The fourth-order valence-corrected chi connectivity index (χ4v) is 3.98. The number of unbranched alkanes of at least 4 members (excludes halogenated alkanes) is 1. The predicted molar refractivity (Wildman–Crippen MR) is 103 cm³/mol. The van der Waals surface area contributed by atoms with Gasteiger partial charge in [-0.1, -0.05) is 80.1 Å². The number of ketones is 1. The molecule has 25 heavy (non-hydrogen) atoms. The molecule has 0 saturated heterocycles. The second-order valence-electron chi connectivity index (χ2n) is 5.69. The van der Waals surface area contributed by atoms with E-state index >= 15 is 0 Å². The molecule has 0 radical (unpaired) electrons. The number of anilines is 1. The van der Waals surface area contributed by atoms with Crippen LogP contribution in [0.3, 0.4) is 0 Å². The normalized spacial score (nSPS) is 11.9. The maximum Gasteiger partial charge on any atom is 0.229 e. The van der Waals surface area contributed by atoms with Gasteiger partial charge in [-0.15, -0.1) is 10.2 Å².